The topological polar surface area (TPSA) is 69.3 Å². The van der Waals surface area contributed by atoms with Crippen molar-refractivity contribution in [2.45, 2.75) is 13.1 Å². The highest BCUT2D eigenvalue weighted by Crippen LogP contribution is 2.19. The highest BCUT2D eigenvalue weighted by molar-refractivity contribution is 5.85. The van der Waals surface area contributed by atoms with E-state index >= 15 is 0 Å². The number of hydrogen-bond acceptors (Lipinski definition) is 3. The fourth-order valence-electron chi connectivity index (χ4n) is 2.14. The molecular formula is C14H19N3O2. The van der Waals surface area contributed by atoms with E-state index in [1.54, 1.807) is 7.11 Å². The molecule has 1 aromatic heterocycles. The molecule has 1 heterocycles. The third-order valence-electron chi connectivity index (χ3n) is 3.03. The van der Waals surface area contributed by atoms with Crippen LogP contribution >= 0.6 is 0 Å². The molecule has 2 aromatic rings. The lowest BCUT2D eigenvalue weighted by Crippen LogP contribution is -2.30. The molecule has 0 unspecified atom stereocenters. The Hall–Kier alpha value is -1.85. The Morgan fingerprint density at radius 1 is 1.42 bits per heavy atom. The lowest BCUT2D eigenvalue weighted by atomic mass is 10.1. The summed E-state index contributed by atoms with van der Waals surface area (Å²) in [4.78, 5) is 11.8. The van der Waals surface area contributed by atoms with Crippen LogP contribution in [0.5, 0.6) is 0 Å². The van der Waals surface area contributed by atoms with Gasteiger partial charge < -0.3 is 20.4 Å². The maximum atomic E-state index is 11.8. The van der Waals surface area contributed by atoms with Crippen molar-refractivity contribution in [3.05, 3.63) is 36.0 Å². The van der Waals surface area contributed by atoms with Crippen LogP contribution in [0.4, 0.5) is 0 Å². The minimum atomic E-state index is -0.0265. The van der Waals surface area contributed by atoms with Crippen LogP contribution in [0.1, 0.15) is 5.56 Å². The molecule has 2 rings (SSSR count). The quantitative estimate of drug-likeness (QED) is 0.758. The molecule has 0 fully saturated rings. The summed E-state index contributed by atoms with van der Waals surface area (Å²) >= 11 is 0. The second-order valence-electron chi connectivity index (χ2n) is 4.35. The van der Waals surface area contributed by atoms with E-state index in [0.29, 0.717) is 26.2 Å². The van der Waals surface area contributed by atoms with Gasteiger partial charge in [0.25, 0.3) is 0 Å². The third kappa shape index (κ3) is 3.13. The fraction of sp³-hybridized carbons (Fsp3) is 0.357. The van der Waals surface area contributed by atoms with Crippen LogP contribution in [0, 0.1) is 0 Å². The Bertz CT molecular complexity index is 563. The average molecular weight is 261 g/mol. The Morgan fingerprint density at radius 3 is 3.00 bits per heavy atom. The number of methoxy groups -OCH3 is 1. The lowest BCUT2D eigenvalue weighted by Gasteiger charge is -2.09. The lowest BCUT2D eigenvalue weighted by molar-refractivity contribution is -0.121. The molecule has 0 saturated carbocycles. The maximum absolute atomic E-state index is 11.8. The van der Waals surface area contributed by atoms with Gasteiger partial charge in [0.05, 0.1) is 12.1 Å². The summed E-state index contributed by atoms with van der Waals surface area (Å²) in [5.74, 6) is -0.0265. The molecule has 0 radical (unpaired) electrons. The predicted octanol–water partition coefficient (Wildman–Crippen LogP) is 0.863. The summed E-state index contributed by atoms with van der Waals surface area (Å²) in [5.41, 5.74) is 7.83. The van der Waals surface area contributed by atoms with Gasteiger partial charge in [-0.25, -0.2) is 0 Å². The molecule has 0 spiro atoms. The number of amides is 1. The zero-order valence-corrected chi connectivity index (χ0v) is 11.1. The van der Waals surface area contributed by atoms with E-state index in [-0.39, 0.29) is 5.91 Å². The Morgan fingerprint density at radius 2 is 2.26 bits per heavy atom. The van der Waals surface area contributed by atoms with Gasteiger partial charge in [0, 0.05) is 26.4 Å². The fourth-order valence-corrected chi connectivity index (χ4v) is 2.14. The molecule has 0 aliphatic heterocycles. The molecule has 5 heteroatoms. The van der Waals surface area contributed by atoms with E-state index in [1.165, 1.54) is 0 Å². The van der Waals surface area contributed by atoms with E-state index in [4.69, 9.17) is 10.5 Å². The number of ether oxygens (including phenoxy) is 1. The van der Waals surface area contributed by atoms with Crippen LogP contribution < -0.4 is 11.1 Å². The summed E-state index contributed by atoms with van der Waals surface area (Å²) < 4.78 is 6.83. The highest BCUT2D eigenvalue weighted by atomic mass is 16.5. The number of rotatable bonds is 6. The van der Waals surface area contributed by atoms with Gasteiger partial charge in [-0.1, -0.05) is 18.2 Å². The largest absolute Gasteiger partial charge is 0.383 e. The van der Waals surface area contributed by atoms with Crippen molar-refractivity contribution in [1.82, 2.24) is 9.88 Å². The number of fused-ring (bicyclic) bond motifs is 1. The summed E-state index contributed by atoms with van der Waals surface area (Å²) in [6, 6.07) is 7.99. The van der Waals surface area contributed by atoms with Gasteiger partial charge >= 0.3 is 0 Å². The van der Waals surface area contributed by atoms with E-state index in [0.717, 1.165) is 16.5 Å². The SMILES string of the molecule is COCCNC(=O)Cn1ccc2cccc(CN)c21. The van der Waals surface area contributed by atoms with Gasteiger partial charge in [-0.3, -0.25) is 4.79 Å². The number of benzene rings is 1. The minimum Gasteiger partial charge on any atom is -0.383 e. The predicted molar refractivity (Wildman–Crippen MR) is 74.7 cm³/mol. The molecule has 0 saturated heterocycles. The molecular weight excluding hydrogens is 242 g/mol. The zero-order chi connectivity index (χ0) is 13.7. The van der Waals surface area contributed by atoms with Crippen molar-refractivity contribution in [2.24, 2.45) is 5.73 Å². The molecule has 0 aliphatic rings. The molecule has 5 nitrogen and oxygen atoms in total. The standard InChI is InChI=1S/C14H19N3O2/c1-19-8-6-16-13(18)10-17-7-5-11-3-2-4-12(9-15)14(11)17/h2-5,7H,6,8-10,15H2,1H3,(H,16,18). The number of nitrogens with two attached hydrogens (primary N) is 1. The Balaban J connectivity index is 2.14. The first-order valence-electron chi connectivity index (χ1n) is 6.28. The second kappa shape index (κ2) is 6.36. The minimum absolute atomic E-state index is 0.0265. The van der Waals surface area contributed by atoms with Crippen LogP contribution in [-0.4, -0.2) is 30.7 Å². The van der Waals surface area contributed by atoms with Gasteiger partial charge in [-0.05, 0) is 17.0 Å². The van der Waals surface area contributed by atoms with Gasteiger partial charge in [-0.2, -0.15) is 0 Å². The summed E-state index contributed by atoms with van der Waals surface area (Å²) in [7, 11) is 1.61. The van der Waals surface area contributed by atoms with Gasteiger partial charge in [0.2, 0.25) is 5.91 Å². The van der Waals surface area contributed by atoms with Crippen molar-refractivity contribution >= 4 is 16.8 Å². The zero-order valence-electron chi connectivity index (χ0n) is 11.1. The highest BCUT2D eigenvalue weighted by Gasteiger charge is 2.08. The smallest absolute Gasteiger partial charge is 0.240 e. The first-order chi connectivity index (χ1) is 9.26. The van der Waals surface area contributed by atoms with Gasteiger partial charge in [0.1, 0.15) is 6.54 Å². The third-order valence-corrected chi connectivity index (χ3v) is 3.03. The normalized spacial score (nSPS) is 10.8. The Kier molecular flexibility index (Phi) is 4.54. The van der Waals surface area contributed by atoms with Crippen LogP contribution in [0.15, 0.2) is 30.5 Å². The Labute approximate surface area is 112 Å². The van der Waals surface area contributed by atoms with Crippen LogP contribution in [0.2, 0.25) is 0 Å². The molecule has 0 aliphatic carbocycles. The number of nitrogens with one attached hydrogen (secondary N) is 1. The van der Waals surface area contributed by atoms with Crippen LogP contribution in [0.3, 0.4) is 0 Å². The monoisotopic (exact) mass is 261 g/mol. The number of aromatic nitrogens is 1. The summed E-state index contributed by atoms with van der Waals surface area (Å²) in [5, 5.41) is 3.91. The summed E-state index contributed by atoms with van der Waals surface area (Å²) in [6.45, 7) is 1.81. The molecule has 0 bridgehead atoms. The second-order valence-corrected chi connectivity index (χ2v) is 4.35. The number of para-hydroxylation sites is 1. The first kappa shape index (κ1) is 13.6. The molecule has 19 heavy (non-hydrogen) atoms. The molecule has 1 aromatic carbocycles. The van der Waals surface area contributed by atoms with E-state index in [9.17, 15) is 4.79 Å². The van der Waals surface area contributed by atoms with Crippen molar-refractivity contribution in [3.8, 4) is 0 Å². The van der Waals surface area contributed by atoms with Crippen LogP contribution in [0.25, 0.3) is 10.9 Å². The van der Waals surface area contributed by atoms with Crippen molar-refractivity contribution in [3.63, 3.8) is 0 Å². The van der Waals surface area contributed by atoms with Crippen LogP contribution in [-0.2, 0) is 22.6 Å². The summed E-state index contributed by atoms with van der Waals surface area (Å²) in [6.07, 6.45) is 1.92. The molecule has 1 amide bonds. The van der Waals surface area contributed by atoms with E-state index in [2.05, 4.69) is 5.32 Å². The average Bonchev–Trinajstić information content (AvgIpc) is 2.82. The maximum Gasteiger partial charge on any atom is 0.240 e. The number of carbonyl (C=O) groups is 1. The van der Waals surface area contributed by atoms with Gasteiger partial charge in [0.15, 0.2) is 0 Å². The number of nitrogens with zero attached hydrogens (tertiary/aromatic N) is 1. The van der Waals surface area contributed by atoms with Crippen molar-refractivity contribution < 1.29 is 9.53 Å². The first-order valence-corrected chi connectivity index (χ1v) is 6.28. The molecule has 102 valence electrons. The van der Waals surface area contributed by atoms with Crippen molar-refractivity contribution in [1.29, 1.82) is 0 Å². The number of carbonyl (C=O) groups excluding carboxylic acids is 1. The number of hydrogen-bond donors (Lipinski definition) is 2. The van der Waals surface area contributed by atoms with E-state index in [1.807, 2.05) is 35.0 Å². The van der Waals surface area contributed by atoms with Crippen molar-refractivity contribution in [2.75, 3.05) is 20.3 Å². The molecule has 3 N–H and O–H groups in total. The molecule has 0 atom stereocenters. The van der Waals surface area contributed by atoms with E-state index < -0.39 is 0 Å². The van der Waals surface area contributed by atoms with Gasteiger partial charge in [-0.15, -0.1) is 0 Å².